The molecule has 0 N–H and O–H groups in total. The summed E-state index contributed by atoms with van der Waals surface area (Å²) in [5.74, 6) is 0.738. The first-order chi connectivity index (χ1) is 9.08. The highest BCUT2D eigenvalue weighted by Gasteiger charge is 2.02. The molecule has 0 aliphatic heterocycles. The molecule has 0 bridgehead atoms. The Labute approximate surface area is 114 Å². The zero-order chi connectivity index (χ0) is 13.8. The molecule has 2 rings (SSSR count). The molecule has 2 aromatic carbocycles. The second-order valence-electron chi connectivity index (χ2n) is 4.92. The number of benzene rings is 2. The maximum Gasteiger partial charge on any atom is 0.150 e. The van der Waals surface area contributed by atoms with Gasteiger partial charge in [-0.3, -0.25) is 4.79 Å². The van der Waals surface area contributed by atoms with Gasteiger partial charge >= 0.3 is 0 Å². The standard InChI is InChI=1S/C17H18O2/c1-12-4-5-16(14(3)6-12)11-19-17-8-13(2)7-15(9-17)10-18/h4-10H,11H2,1-3H3. The quantitative estimate of drug-likeness (QED) is 0.771. The van der Waals surface area contributed by atoms with Gasteiger partial charge in [0.05, 0.1) is 0 Å². The van der Waals surface area contributed by atoms with Crippen molar-refractivity contribution in [3.8, 4) is 5.75 Å². The van der Waals surface area contributed by atoms with Crippen LogP contribution in [0.1, 0.15) is 32.6 Å². The minimum atomic E-state index is 0.522. The van der Waals surface area contributed by atoms with Crippen LogP contribution in [0.15, 0.2) is 36.4 Å². The molecular formula is C17H18O2. The lowest BCUT2D eigenvalue weighted by Crippen LogP contribution is -1.99. The third kappa shape index (κ3) is 3.44. The van der Waals surface area contributed by atoms with Gasteiger partial charge in [0.2, 0.25) is 0 Å². The average Bonchev–Trinajstić information content (AvgIpc) is 2.37. The molecule has 98 valence electrons. The van der Waals surface area contributed by atoms with Crippen LogP contribution in [0.25, 0.3) is 0 Å². The molecule has 0 radical (unpaired) electrons. The second-order valence-corrected chi connectivity index (χ2v) is 4.92. The fourth-order valence-corrected chi connectivity index (χ4v) is 2.10. The first kappa shape index (κ1) is 13.3. The van der Waals surface area contributed by atoms with Gasteiger partial charge in [0, 0.05) is 5.56 Å². The van der Waals surface area contributed by atoms with Crippen LogP contribution in [-0.2, 0) is 6.61 Å². The fraction of sp³-hybridized carbons (Fsp3) is 0.235. The number of aldehydes is 1. The van der Waals surface area contributed by atoms with Crippen LogP contribution in [0.5, 0.6) is 5.75 Å². The van der Waals surface area contributed by atoms with Crippen molar-refractivity contribution in [2.75, 3.05) is 0 Å². The van der Waals surface area contributed by atoms with E-state index < -0.39 is 0 Å². The number of rotatable bonds is 4. The highest BCUT2D eigenvalue weighted by molar-refractivity contribution is 5.76. The van der Waals surface area contributed by atoms with Gasteiger partial charge < -0.3 is 4.74 Å². The third-order valence-electron chi connectivity index (χ3n) is 3.10. The van der Waals surface area contributed by atoms with Gasteiger partial charge in [0.1, 0.15) is 18.6 Å². The number of ether oxygens (including phenoxy) is 1. The first-order valence-electron chi connectivity index (χ1n) is 6.34. The van der Waals surface area contributed by atoms with E-state index in [1.54, 1.807) is 6.07 Å². The number of carbonyl (C=O) groups excluding carboxylic acids is 1. The predicted octanol–water partition coefficient (Wildman–Crippen LogP) is 4.00. The van der Waals surface area contributed by atoms with Gasteiger partial charge in [-0.25, -0.2) is 0 Å². The molecule has 0 heterocycles. The number of carbonyl (C=O) groups is 1. The summed E-state index contributed by atoms with van der Waals surface area (Å²) in [4.78, 5) is 10.8. The molecule has 0 saturated heterocycles. The molecule has 0 aromatic heterocycles. The Balaban J connectivity index is 2.14. The van der Waals surface area contributed by atoms with Crippen LogP contribution in [0.2, 0.25) is 0 Å². The average molecular weight is 254 g/mol. The van der Waals surface area contributed by atoms with E-state index in [9.17, 15) is 4.79 Å². The molecule has 0 spiro atoms. The van der Waals surface area contributed by atoms with Gasteiger partial charge in [-0.2, -0.15) is 0 Å². The number of hydrogen-bond donors (Lipinski definition) is 0. The Morgan fingerprint density at radius 1 is 1.00 bits per heavy atom. The monoisotopic (exact) mass is 254 g/mol. The van der Waals surface area contributed by atoms with Gasteiger partial charge in [-0.05, 0) is 55.7 Å². The number of aryl methyl sites for hydroxylation is 3. The van der Waals surface area contributed by atoms with Crippen molar-refractivity contribution in [2.45, 2.75) is 27.4 Å². The van der Waals surface area contributed by atoms with Crippen molar-refractivity contribution in [2.24, 2.45) is 0 Å². The van der Waals surface area contributed by atoms with E-state index in [0.717, 1.165) is 17.6 Å². The van der Waals surface area contributed by atoms with E-state index in [-0.39, 0.29) is 0 Å². The topological polar surface area (TPSA) is 26.3 Å². The SMILES string of the molecule is Cc1cc(C=O)cc(OCc2ccc(C)cc2C)c1. The van der Waals surface area contributed by atoms with Crippen LogP contribution >= 0.6 is 0 Å². The molecule has 0 fully saturated rings. The summed E-state index contributed by atoms with van der Waals surface area (Å²) in [7, 11) is 0. The summed E-state index contributed by atoms with van der Waals surface area (Å²) < 4.78 is 5.78. The Morgan fingerprint density at radius 2 is 1.79 bits per heavy atom. The van der Waals surface area contributed by atoms with Gasteiger partial charge in [-0.1, -0.05) is 23.8 Å². The van der Waals surface area contributed by atoms with E-state index in [1.165, 1.54) is 16.7 Å². The summed E-state index contributed by atoms with van der Waals surface area (Å²) in [6.07, 6.45) is 0.844. The van der Waals surface area contributed by atoms with E-state index in [1.807, 2.05) is 19.1 Å². The first-order valence-corrected chi connectivity index (χ1v) is 6.34. The van der Waals surface area contributed by atoms with Crippen LogP contribution in [-0.4, -0.2) is 6.29 Å². The smallest absolute Gasteiger partial charge is 0.150 e. The third-order valence-corrected chi connectivity index (χ3v) is 3.10. The van der Waals surface area contributed by atoms with Crippen molar-refractivity contribution in [3.63, 3.8) is 0 Å². The largest absolute Gasteiger partial charge is 0.489 e. The van der Waals surface area contributed by atoms with Crippen LogP contribution in [0.3, 0.4) is 0 Å². The molecule has 0 atom stereocenters. The van der Waals surface area contributed by atoms with Gasteiger partial charge in [0.25, 0.3) is 0 Å². The van der Waals surface area contributed by atoms with Crippen molar-refractivity contribution < 1.29 is 9.53 Å². The van der Waals surface area contributed by atoms with Crippen molar-refractivity contribution in [3.05, 3.63) is 64.2 Å². The molecular weight excluding hydrogens is 236 g/mol. The lowest BCUT2D eigenvalue weighted by atomic mass is 10.1. The zero-order valence-corrected chi connectivity index (χ0v) is 11.6. The normalized spacial score (nSPS) is 10.3. The second kappa shape index (κ2) is 5.70. The molecule has 0 amide bonds. The highest BCUT2D eigenvalue weighted by atomic mass is 16.5. The molecule has 0 unspecified atom stereocenters. The van der Waals surface area contributed by atoms with Gasteiger partial charge in [0.15, 0.2) is 0 Å². The molecule has 0 saturated carbocycles. The fourth-order valence-electron chi connectivity index (χ4n) is 2.10. The zero-order valence-electron chi connectivity index (χ0n) is 11.6. The Morgan fingerprint density at radius 3 is 2.47 bits per heavy atom. The number of hydrogen-bond acceptors (Lipinski definition) is 2. The van der Waals surface area contributed by atoms with Crippen molar-refractivity contribution in [1.82, 2.24) is 0 Å². The Kier molecular flexibility index (Phi) is 4.00. The lowest BCUT2D eigenvalue weighted by molar-refractivity contribution is 0.112. The van der Waals surface area contributed by atoms with E-state index >= 15 is 0 Å². The van der Waals surface area contributed by atoms with E-state index in [0.29, 0.717) is 12.2 Å². The van der Waals surface area contributed by atoms with Crippen LogP contribution < -0.4 is 4.74 Å². The summed E-state index contributed by atoms with van der Waals surface area (Å²) in [5.41, 5.74) is 5.32. The molecule has 19 heavy (non-hydrogen) atoms. The maximum atomic E-state index is 10.8. The summed E-state index contributed by atoms with van der Waals surface area (Å²) in [6.45, 7) is 6.64. The lowest BCUT2D eigenvalue weighted by Gasteiger charge is -2.10. The molecule has 2 heteroatoms. The Hall–Kier alpha value is -2.09. The maximum absolute atomic E-state index is 10.8. The van der Waals surface area contributed by atoms with E-state index in [2.05, 4.69) is 32.0 Å². The summed E-state index contributed by atoms with van der Waals surface area (Å²) >= 11 is 0. The van der Waals surface area contributed by atoms with Crippen LogP contribution in [0, 0.1) is 20.8 Å². The minimum Gasteiger partial charge on any atom is -0.489 e. The van der Waals surface area contributed by atoms with Gasteiger partial charge in [-0.15, -0.1) is 0 Å². The van der Waals surface area contributed by atoms with Crippen molar-refractivity contribution in [1.29, 1.82) is 0 Å². The van der Waals surface area contributed by atoms with Crippen LogP contribution in [0.4, 0.5) is 0 Å². The Bertz CT molecular complexity index is 600. The van der Waals surface area contributed by atoms with Crippen molar-refractivity contribution >= 4 is 6.29 Å². The van der Waals surface area contributed by atoms with E-state index in [4.69, 9.17) is 4.74 Å². The molecule has 0 aliphatic rings. The predicted molar refractivity (Wildman–Crippen MR) is 76.8 cm³/mol. The molecule has 2 nitrogen and oxygen atoms in total. The minimum absolute atomic E-state index is 0.522. The highest BCUT2D eigenvalue weighted by Crippen LogP contribution is 2.19. The molecule has 2 aromatic rings. The molecule has 0 aliphatic carbocycles. The summed E-state index contributed by atoms with van der Waals surface area (Å²) in [5, 5.41) is 0. The summed E-state index contributed by atoms with van der Waals surface area (Å²) in [6, 6.07) is 11.9.